The first-order chi connectivity index (χ1) is 38.7. The number of carbonyl (C=O) groups excluding carboxylic acids is 3. The molecule has 0 radical (unpaired) electrons. The quantitative estimate of drug-likeness (QED) is 0.0187. The van der Waals surface area contributed by atoms with Crippen LogP contribution in [0.25, 0.3) is 10.4 Å². The third-order valence-corrected chi connectivity index (χ3v) is 13.6. The fourth-order valence-corrected chi connectivity index (χ4v) is 9.23. The fourth-order valence-electron chi connectivity index (χ4n) is 9.23. The molecule has 2 aromatic carbocycles. The molecule has 2 fully saturated rings. The van der Waals surface area contributed by atoms with Gasteiger partial charge in [0.25, 0.3) is 11.7 Å². The van der Waals surface area contributed by atoms with Gasteiger partial charge >= 0.3 is 5.97 Å². The highest BCUT2D eigenvalue weighted by molar-refractivity contribution is 5.95. The first-order valence-electron chi connectivity index (χ1n) is 27.4. The molecule has 3 aromatic rings. The number of nitrogens with zero attached hydrogens (tertiary/aromatic N) is 7. The van der Waals surface area contributed by atoms with E-state index in [1.807, 2.05) is 30.3 Å². The van der Waals surface area contributed by atoms with Gasteiger partial charge in [0.15, 0.2) is 0 Å². The number of phenols is 1. The van der Waals surface area contributed by atoms with E-state index in [2.05, 4.69) is 31.0 Å². The summed E-state index contributed by atoms with van der Waals surface area (Å²) in [4.78, 5) is 57.8. The summed E-state index contributed by atoms with van der Waals surface area (Å²) in [6, 6.07) is 11.0. The highest BCUT2D eigenvalue weighted by Crippen LogP contribution is 2.34. The van der Waals surface area contributed by atoms with E-state index in [0.717, 1.165) is 43.4 Å². The van der Waals surface area contributed by atoms with Crippen molar-refractivity contribution in [1.82, 2.24) is 30.5 Å². The van der Waals surface area contributed by atoms with E-state index in [-0.39, 0.29) is 82.0 Å². The Morgan fingerprint density at radius 2 is 1.46 bits per heavy atom. The lowest BCUT2D eigenvalue weighted by Gasteiger charge is -2.46. The number of phenolic OH excluding ortho intramolecular Hbond substituents is 1. The first-order valence-corrected chi connectivity index (χ1v) is 27.4. The summed E-state index contributed by atoms with van der Waals surface area (Å²) in [5, 5.41) is 72.6. The van der Waals surface area contributed by atoms with Crippen LogP contribution in [0.2, 0.25) is 0 Å². The maximum absolute atomic E-state index is 13.6. The van der Waals surface area contributed by atoms with Gasteiger partial charge < -0.3 is 79.0 Å². The zero-order chi connectivity index (χ0) is 57.5. The molecule has 26 heteroatoms. The van der Waals surface area contributed by atoms with Crippen molar-refractivity contribution in [3.63, 3.8) is 0 Å². The largest absolute Gasteiger partial charge is 0.507 e. The van der Waals surface area contributed by atoms with Crippen molar-refractivity contribution in [3.05, 3.63) is 87.1 Å². The fraction of sp³-hybridized carbons (Fsp3) is 0.667. The maximum Gasteiger partial charge on any atom is 0.364 e. The number of amides is 3. The van der Waals surface area contributed by atoms with Gasteiger partial charge in [0.05, 0.1) is 116 Å². The summed E-state index contributed by atoms with van der Waals surface area (Å²) in [6.07, 6.45) is -0.525. The van der Waals surface area contributed by atoms with Crippen molar-refractivity contribution in [2.24, 2.45) is 5.11 Å². The number of carbonyl (C=O) groups is 4. The van der Waals surface area contributed by atoms with E-state index in [0.29, 0.717) is 83.6 Å². The number of benzene rings is 2. The van der Waals surface area contributed by atoms with Gasteiger partial charge in [-0.3, -0.25) is 14.4 Å². The number of aromatic nitrogens is 3. The molecule has 1 saturated carbocycles. The number of hydrogen-bond acceptors (Lipinski definition) is 19. The molecular weight excluding hydrogens is 1050 g/mol. The number of ether oxygens (including phenoxy) is 8. The van der Waals surface area contributed by atoms with Gasteiger partial charge in [-0.1, -0.05) is 59.9 Å². The van der Waals surface area contributed by atoms with Gasteiger partial charge in [-0.25, -0.2) is 9.48 Å². The minimum atomic E-state index is -2.60. The first kappa shape index (κ1) is 64.9. The van der Waals surface area contributed by atoms with E-state index in [1.165, 1.54) is 16.8 Å². The van der Waals surface area contributed by atoms with Crippen LogP contribution in [0.15, 0.2) is 53.8 Å². The van der Waals surface area contributed by atoms with E-state index < -0.39 is 67.0 Å². The third-order valence-electron chi connectivity index (χ3n) is 13.6. The number of aromatic hydroxyl groups is 1. The van der Waals surface area contributed by atoms with E-state index >= 15 is 0 Å². The average molecular weight is 1130 g/mol. The second kappa shape index (κ2) is 35.8. The Morgan fingerprint density at radius 1 is 0.863 bits per heavy atom. The van der Waals surface area contributed by atoms with Crippen LogP contribution < -0.4 is 10.6 Å². The van der Waals surface area contributed by atoms with Gasteiger partial charge in [0.2, 0.25) is 11.8 Å². The number of aliphatic hydroxyl groups excluding tert-OH is 3. The number of carboxylic acids is 1. The number of aliphatic hydroxyl groups is 3. The van der Waals surface area contributed by atoms with Crippen molar-refractivity contribution in [1.29, 1.82) is 0 Å². The molecule has 2 heterocycles. The summed E-state index contributed by atoms with van der Waals surface area (Å²) >= 11 is 0. The van der Waals surface area contributed by atoms with Crippen molar-refractivity contribution in [2.75, 3.05) is 112 Å². The third kappa shape index (κ3) is 22.2. The zero-order valence-corrected chi connectivity index (χ0v) is 45.9. The van der Waals surface area contributed by atoms with Gasteiger partial charge in [0.1, 0.15) is 24.5 Å². The highest BCUT2D eigenvalue weighted by atomic mass is 16.7. The van der Waals surface area contributed by atoms with E-state index in [1.54, 1.807) is 24.9 Å². The van der Waals surface area contributed by atoms with Crippen LogP contribution in [-0.4, -0.2) is 217 Å². The van der Waals surface area contributed by atoms with Crippen LogP contribution in [0, 0.1) is 13.8 Å². The van der Waals surface area contributed by atoms with Crippen LogP contribution in [0.1, 0.15) is 90.0 Å². The second-order valence-corrected chi connectivity index (χ2v) is 19.6. The molecule has 5 rings (SSSR count). The summed E-state index contributed by atoms with van der Waals surface area (Å²) in [5.41, 5.74) is 11.0. The molecule has 444 valence electrons. The standard InChI is InChI=1S/C54H81N9O17/c1-38-32-42(33-39(2)49(38)68)52(70)56-35-45(65)50(69)51-48(58-46(66)37-63-36-43(59-61-63)41-12-7-4-8-13-41)44(64)34-54(80-51,53(71)72)79-19-9-17-62(18-14-40-10-5-3-6-11-40)47(67)15-20-73-22-24-75-26-28-77-30-31-78-29-27-76-25-23-74-21-16-57-60-55/h3,5-6,10-11,32-33,36,41,44-45,48,50-51,64-65,68-69H,4,7-9,12-31,34-35,37H2,1-2H3,(H,56,70)(H,58,66)(H,71,72)/t44?,45-,48-,50-,51?,54-/m1/s1. The molecule has 0 spiro atoms. The SMILES string of the molecule is Cc1cc(C(=O)NC[C@@H](O)[C@@H](O)C2O[C@@](OCCCN(CCc3ccccc3)C(=O)CCOCCOCCOCCOCCOCCOCCN=[N+]=[N-])(C(=O)O)CC(O)[C@H]2NC(=O)Cn2cc(C3CCCCC3)nn2)cc(C)c1O. The van der Waals surface area contributed by atoms with Crippen LogP contribution in [0.5, 0.6) is 5.75 Å². The van der Waals surface area contributed by atoms with Gasteiger partial charge in [-0.15, -0.1) is 5.10 Å². The predicted octanol–water partition coefficient (Wildman–Crippen LogP) is 2.49. The Bertz CT molecular complexity index is 2350. The molecule has 1 saturated heterocycles. The molecule has 80 heavy (non-hydrogen) atoms. The van der Waals surface area contributed by atoms with Gasteiger partial charge in [-0.05, 0) is 73.9 Å². The Balaban J connectivity index is 1.11. The van der Waals surface area contributed by atoms with E-state index in [9.17, 15) is 44.7 Å². The zero-order valence-electron chi connectivity index (χ0n) is 45.9. The second-order valence-electron chi connectivity index (χ2n) is 19.6. The molecule has 1 aliphatic heterocycles. The highest BCUT2D eigenvalue weighted by Gasteiger charge is 2.56. The molecule has 26 nitrogen and oxygen atoms in total. The molecule has 6 atom stereocenters. The maximum atomic E-state index is 13.6. The van der Waals surface area contributed by atoms with Crippen molar-refractivity contribution < 1.29 is 82.6 Å². The molecule has 3 amide bonds. The molecule has 1 aliphatic carbocycles. The normalized spacial score (nSPS) is 19.2. The Kier molecular flexibility index (Phi) is 29.0. The predicted molar refractivity (Wildman–Crippen MR) is 286 cm³/mol. The van der Waals surface area contributed by atoms with Crippen LogP contribution in [0.3, 0.4) is 0 Å². The number of azide groups is 1. The summed E-state index contributed by atoms with van der Waals surface area (Å²) < 4.78 is 46.3. The molecule has 2 aliphatic rings. The number of aryl methyl sites for hydroxylation is 2. The molecule has 0 bridgehead atoms. The Labute approximate surface area is 465 Å². The van der Waals surface area contributed by atoms with E-state index in [4.69, 9.17) is 43.4 Å². The average Bonchev–Trinajstić information content (AvgIpc) is 3.97. The lowest BCUT2D eigenvalue weighted by Crippen LogP contribution is -2.68. The Morgan fingerprint density at radius 3 is 2.06 bits per heavy atom. The van der Waals surface area contributed by atoms with Crippen LogP contribution in [0.4, 0.5) is 0 Å². The topological polar surface area (TPSA) is 350 Å². The van der Waals surface area contributed by atoms with Crippen LogP contribution >= 0.6 is 0 Å². The van der Waals surface area contributed by atoms with Crippen molar-refractivity contribution in [3.8, 4) is 5.75 Å². The smallest absolute Gasteiger partial charge is 0.364 e. The number of aliphatic carboxylic acids is 1. The minimum Gasteiger partial charge on any atom is -0.507 e. The number of nitrogens with one attached hydrogen (secondary N) is 2. The molecule has 1 aromatic heterocycles. The minimum absolute atomic E-state index is 0.0173. The molecule has 7 N–H and O–H groups in total. The lowest BCUT2D eigenvalue weighted by atomic mass is 9.87. The summed E-state index contributed by atoms with van der Waals surface area (Å²) in [6.45, 7) is 6.83. The van der Waals surface area contributed by atoms with Gasteiger partial charge in [-0.2, -0.15) is 0 Å². The summed E-state index contributed by atoms with van der Waals surface area (Å²) in [5.74, 6) is -5.57. The molecule has 2 unspecified atom stereocenters. The van der Waals surface area contributed by atoms with Gasteiger partial charge in [0, 0.05) is 55.2 Å². The number of carboxylic acid groups (broad SMARTS) is 1. The molecular formula is C54H81N9O17. The lowest BCUT2D eigenvalue weighted by molar-refractivity contribution is -0.310. The van der Waals surface area contributed by atoms with Crippen molar-refractivity contribution in [2.45, 2.75) is 120 Å². The summed E-state index contributed by atoms with van der Waals surface area (Å²) in [7, 11) is 0. The number of hydrogen-bond donors (Lipinski definition) is 7. The van der Waals surface area contributed by atoms with Crippen molar-refractivity contribution >= 4 is 23.7 Å². The Hall–Kier alpha value is -5.87. The van der Waals surface area contributed by atoms with Crippen LogP contribution in [-0.2, 0) is 65.2 Å². The number of rotatable bonds is 39. The monoisotopic (exact) mass is 1130 g/mol.